The first-order valence-corrected chi connectivity index (χ1v) is 12.4. The monoisotopic (exact) mass is 467 g/mol. The molecule has 0 spiro atoms. The van der Waals surface area contributed by atoms with Crippen LogP contribution >= 0.6 is 0 Å². The van der Waals surface area contributed by atoms with Crippen LogP contribution in [0.2, 0.25) is 0 Å². The molecule has 6 rings (SSSR count). The van der Waals surface area contributed by atoms with Gasteiger partial charge in [-0.25, -0.2) is 0 Å². The van der Waals surface area contributed by atoms with E-state index in [4.69, 9.17) is 4.42 Å². The van der Waals surface area contributed by atoms with Gasteiger partial charge in [0.1, 0.15) is 23.9 Å². The lowest BCUT2D eigenvalue weighted by atomic mass is 10.0. The molecule has 1 unspecified atom stereocenters. The maximum Gasteiger partial charge on any atom is 0.247 e. The molecule has 2 fully saturated rings. The number of carbonyl (C=O) groups excluding carboxylic acids is 2. The molecule has 0 saturated carbocycles. The zero-order valence-electron chi connectivity index (χ0n) is 19.9. The van der Waals surface area contributed by atoms with Crippen molar-refractivity contribution in [3.63, 3.8) is 0 Å². The molecule has 2 amide bonds. The van der Waals surface area contributed by atoms with E-state index < -0.39 is 6.04 Å². The van der Waals surface area contributed by atoms with Gasteiger partial charge in [-0.05, 0) is 28.5 Å². The van der Waals surface area contributed by atoms with Gasteiger partial charge in [0, 0.05) is 43.5 Å². The van der Waals surface area contributed by atoms with Crippen molar-refractivity contribution in [2.45, 2.75) is 32.5 Å². The lowest BCUT2D eigenvalue weighted by Crippen LogP contribution is -2.66. The summed E-state index contributed by atoms with van der Waals surface area (Å²) in [6.45, 7) is 5.27. The Morgan fingerprint density at radius 3 is 2.57 bits per heavy atom. The number of furan rings is 1. The maximum atomic E-state index is 13.6. The van der Waals surface area contributed by atoms with Gasteiger partial charge in [-0.3, -0.25) is 14.5 Å². The SMILES string of the molecule is CCc1oc2ccccc2c1CN1CC(=O)N2CCN(Cc3ccc4ccccc4c3)CC2C1=O. The van der Waals surface area contributed by atoms with E-state index in [9.17, 15) is 9.59 Å². The Morgan fingerprint density at radius 1 is 0.914 bits per heavy atom. The molecule has 6 heteroatoms. The number of hydrogen-bond acceptors (Lipinski definition) is 4. The average molecular weight is 468 g/mol. The van der Waals surface area contributed by atoms with Crippen LogP contribution in [0.15, 0.2) is 71.1 Å². The van der Waals surface area contributed by atoms with Gasteiger partial charge in [-0.15, -0.1) is 0 Å². The fraction of sp³-hybridized carbons (Fsp3) is 0.310. The summed E-state index contributed by atoms with van der Waals surface area (Å²) in [6, 6.07) is 22.4. The van der Waals surface area contributed by atoms with Crippen molar-refractivity contribution in [3.05, 3.63) is 83.6 Å². The molecule has 35 heavy (non-hydrogen) atoms. The fourth-order valence-electron chi connectivity index (χ4n) is 5.56. The van der Waals surface area contributed by atoms with E-state index >= 15 is 0 Å². The Labute approximate surface area is 204 Å². The summed E-state index contributed by atoms with van der Waals surface area (Å²) >= 11 is 0. The highest BCUT2D eigenvalue weighted by Crippen LogP contribution is 2.29. The molecule has 0 N–H and O–H groups in total. The zero-order chi connectivity index (χ0) is 23.9. The van der Waals surface area contributed by atoms with Crippen molar-refractivity contribution in [3.8, 4) is 0 Å². The molecule has 1 aromatic heterocycles. The highest BCUT2D eigenvalue weighted by atomic mass is 16.3. The largest absolute Gasteiger partial charge is 0.461 e. The van der Waals surface area contributed by atoms with E-state index in [1.807, 2.05) is 24.3 Å². The normalized spacial score (nSPS) is 19.1. The Balaban J connectivity index is 1.21. The quantitative estimate of drug-likeness (QED) is 0.441. The summed E-state index contributed by atoms with van der Waals surface area (Å²) < 4.78 is 6.03. The second kappa shape index (κ2) is 8.86. The highest BCUT2D eigenvalue weighted by molar-refractivity contribution is 5.95. The number of nitrogens with zero attached hydrogens (tertiary/aromatic N) is 3. The fourth-order valence-corrected chi connectivity index (χ4v) is 5.56. The van der Waals surface area contributed by atoms with Gasteiger partial charge in [-0.2, -0.15) is 0 Å². The van der Waals surface area contributed by atoms with Crippen molar-refractivity contribution >= 4 is 33.6 Å². The molecule has 0 aliphatic carbocycles. The average Bonchev–Trinajstić information content (AvgIpc) is 3.24. The topological polar surface area (TPSA) is 57.0 Å². The lowest BCUT2D eigenvalue weighted by molar-refractivity contribution is -0.160. The number of aryl methyl sites for hydroxylation is 1. The van der Waals surface area contributed by atoms with Crippen LogP contribution in [-0.2, 0) is 29.1 Å². The van der Waals surface area contributed by atoms with E-state index in [2.05, 4.69) is 54.3 Å². The Morgan fingerprint density at radius 2 is 1.71 bits per heavy atom. The minimum atomic E-state index is -0.436. The molecular weight excluding hydrogens is 438 g/mol. The standard InChI is InChI=1S/C29H29N3O3/c1-2-26-24(23-9-5-6-10-27(23)35-26)17-31-19-28(33)32-14-13-30(18-25(32)29(31)34)16-20-11-12-21-7-3-4-8-22(21)15-20/h3-12,15,25H,2,13-14,16-19H2,1H3. The van der Waals surface area contributed by atoms with Crippen LogP contribution in [0.25, 0.3) is 21.7 Å². The van der Waals surface area contributed by atoms with Crippen LogP contribution in [0.5, 0.6) is 0 Å². The molecule has 6 nitrogen and oxygen atoms in total. The molecule has 0 radical (unpaired) electrons. The number of amides is 2. The number of benzene rings is 3. The Hall–Kier alpha value is -3.64. The van der Waals surface area contributed by atoms with Crippen LogP contribution in [0.1, 0.15) is 23.8 Å². The Kier molecular flexibility index (Phi) is 5.53. The molecule has 4 aromatic rings. The third-order valence-electron chi connectivity index (χ3n) is 7.38. The first-order valence-electron chi connectivity index (χ1n) is 12.4. The maximum absolute atomic E-state index is 13.6. The summed E-state index contributed by atoms with van der Waals surface area (Å²) in [7, 11) is 0. The Bertz CT molecular complexity index is 1430. The van der Waals surface area contributed by atoms with Gasteiger partial charge in [0.15, 0.2) is 0 Å². The number of para-hydroxylation sites is 1. The van der Waals surface area contributed by atoms with Crippen molar-refractivity contribution in [1.82, 2.24) is 14.7 Å². The van der Waals surface area contributed by atoms with Crippen LogP contribution in [0.4, 0.5) is 0 Å². The number of piperazine rings is 2. The third kappa shape index (κ3) is 3.98. The van der Waals surface area contributed by atoms with Crippen molar-refractivity contribution in [2.24, 2.45) is 0 Å². The molecule has 3 heterocycles. The summed E-state index contributed by atoms with van der Waals surface area (Å²) in [6.07, 6.45) is 0.745. The lowest BCUT2D eigenvalue weighted by Gasteiger charge is -2.46. The summed E-state index contributed by atoms with van der Waals surface area (Å²) in [5.41, 5.74) is 3.07. The van der Waals surface area contributed by atoms with E-state index in [1.54, 1.807) is 9.80 Å². The molecule has 178 valence electrons. The van der Waals surface area contributed by atoms with Crippen molar-refractivity contribution in [2.75, 3.05) is 26.2 Å². The van der Waals surface area contributed by atoms with Gasteiger partial charge in [0.2, 0.25) is 11.8 Å². The van der Waals surface area contributed by atoms with E-state index in [-0.39, 0.29) is 18.4 Å². The van der Waals surface area contributed by atoms with E-state index in [0.29, 0.717) is 19.6 Å². The number of hydrogen-bond donors (Lipinski definition) is 0. The van der Waals surface area contributed by atoms with Crippen molar-refractivity contribution < 1.29 is 14.0 Å². The van der Waals surface area contributed by atoms with E-state index in [0.717, 1.165) is 41.8 Å². The number of rotatable bonds is 5. The first-order chi connectivity index (χ1) is 17.1. The predicted octanol–water partition coefficient (Wildman–Crippen LogP) is 4.20. The number of fused-ring (bicyclic) bond motifs is 3. The summed E-state index contributed by atoms with van der Waals surface area (Å²) in [4.78, 5) is 32.4. The minimum absolute atomic E-state index is 0.0279. The molecule has 1 atom stereocenters. The highest BCUT2D eigenvalue weighted by Gasteiger charge is 2.42. The second-order valence-corrected chi connectivity index (χ2v) is 9.57. The van der Waals surface area contributed by atoms with Gasteiger partial charge in [0.25, 0.3) is 0 Å². The predicted molar refractivity (Wildman–Crippen MR) is 136 cm³/mol. The molecule has 3 aromatic carbocycles. The second-order valence-electron chi connectivity index (χ2n) is 9.57. The van der Waals surface area contributed by atoms with Gasteiger partial charge in [-0.1, -0.05) is 61.5 Å². The zero-order valence-corrected chi connectivity index (χ0v) is 19.9. The van der Waals surface area contributed by atoms with Crippen LogP contribution < -0.4 is 0 Å². The minimum Gasteiger partial charge on any atom is -0.461 e. The molecule has 2 aliphatic rings. The first kappa shape index (κ1) is 21.9. The van der Waals surface area contributed by atoms with Crippen LogP contribution in [-0.4, -0.2) is 58.7 Å². The molecule has 0 bridgehead atoms. The van der Waals surface area contributed by atoms with Crippen molar-refractivity contribution in [1.29, 1.82) is 0 Å². The van der Waals surface area contributed by atoms with Crippen LogP contribution in [0, 0.1) is 0 Å². The van der Waals surface area contributed by atoms with Crippen LogP contribution in [0.3, 0.4) is 0 Å². The van der Waals surface area contributed by atoms with E-state index in [1.165, 1.54) is 16.3 Å². The molecule has 2 saturated heterocycles. The third-order valence-corrected chi connectivity index (χ3v) is 7.38. The van der Waals surface area contributed by atoms with Gasteiger partial charge < -0.3 is 14.2 Å². The molecule has 2 aliphatic heterocycles. The summed E-state index contributed by atoms with van der Waals surface area (Å²) in [5.74, 6) is 0.946. The van der Waals surface area contributed by atoms with Gasteiger partial charge >= 0.3 is 0 Å². The summed E-state index contributed by atoms with van der Waals surface area (Å²) in [5, 5.41) is 3.47. The number of carbonyl (C=O) groups is 2. The van der Waals surface area contributed by atoms with Gasteiger partial charge in [0.05, 0.1) is 6.54 Å². The smallest absolute Gasteiger partial charge is 0.247 e. The molecular formula is C29H29N3O3.